The number of benzene rings is 2. The molecule has 1 aliphatic rings. The average molecular weight is 338 g/mol. The number of nitrogens with zero attached hydrogens (tertiary/aromatic N) is 2. The molecular formula is C18H15FN4O2. The third-order valence-electron chi connectivity index (χ3n) is 4.34. The quantitative estimate of drug-likeness (QED) is 0.769. The van der Waals surface area contributed by atoms with Gasteiger partial charge in [-0.15, -0.1) is 0 Å². The van der Waals surface area contributed by atoms with E-state index in [-0.39, 0.29) is 17.3 Å². The molecule has 2 aromatic carbocycles. The number of halogens is 1. The first-order chi connectivity index (χ1) is 12.1. The van der Waals surface area contributed by atoms with Gasteiger partial charge in [0.2, 0.25) is 5.91 Å². The van der Waals surface area contributed by atoms with Crippen molar-refractivity contribution in [1.82, 2.24) is 15.5 Å². The number of fused-ring (bicyclic) bond motifs is 1. The lowest BCUT2D eigenvalue weighted by molar-refractivity contribution is -0.118. The molecule has 6 nitrogen and oxygen atoms in total. The average Bonchev–Trinajstić information content (AvgIpc) is 3.20. The van der Waals surface area contributed by atoms with Crippen LogP contribution in [0.25, 0.3) is 10.9 Å². The number of H-pyrrole nitrogens is 1. The lowest BCUT2D eigenvalue weighted by Gasteiger charge is -2.17. The first-order valence-electron chi connectivity index (χ1n) is 7.95. The summed E-state index contributed by atoms with van der Waals surface area (Å²) in [7, 11) is 0. The molecule has 1 aliphatic heterocycles. The minimum absolute atomic E-state index is 0.231. The number of hydrogen-bond donors (Lipinski definition) is 2. The van der Waals surface area contributed by atoms with Gasteiger partial charge < -0.3 is 10.2 Å². The number of anilines is 1. The number of para-hydroxylation sites is 2. The Labute approximate surface area is 142 Å². The van der Waals surface area contributed by atoms with Gasteiger partial charge in [-0.25, -0.2) is 4.39 Å². The molecule has 0 spiro atoms. The van der Waals surface area contributed by atoms with Crippen LogP contribution in [0.2, 0.25) is 0 Å². The van der Waals surface area contributed by atoms with Crippen LogP contribution >= 0.6 is 0 Å². The summed E-state index contributed by atoms with van der Waals surface area (Å²) in [5.74, 6) is -1.20. The number of aromatic amines is 1. The fraction of sp³-hybridized carbons (Fsp3) is 0.167. The van der Waals surface area contributed by atoms with E-state index >= 15 is 0 Å². The Morgan fingerprint density at radius 1 is 1.20 bits per heavy atom. The fourth-order valence-electron chi connectivity index (χ4n) is 3.09. The van der Waals surface area contributed by atoms with Gasteiger partial charge in [0.05, 0.1) is 11.2 Å². The Bertz CT molecular complexity index is 968. The Morgan fingerprint density at radius 3 is 2.80 bits per heavy atom. The van der Waals surface area contributed by atoms with Gasteiger partial charge in [-0.2, -0.15) is 5.10 Å². The van der Waals surface area contributed by atoms with Gasteiger partial charge in [0.1, 0.15) is 11.9 Å². The second kappa shape index (κ2) is 6.01. The van der Waals surface area contributed by atoms with Gasteiger partial charge in [-0.3, -0.25) is 14.7 Å². The summed E-state index contributed by atoms with van der Waals surface area (Å²) in [5, 5.41) is 10.2. The molecule has 1 atom stereocenters. The van der Waals surface area contributed by atoms with Gasteiger partial charge in [0.15, 0.2) is 5.69 Å². The second-order valence-corrected chi connectivity index (χ2v) is 5.87. The van der Waals surface area contributed by atoms with Crippen LogP contribution < -0.4 is 10.2 Å². The number of nitrogens with one attached hydrogen (secondary N) is 2. The summed E-state index contributed by atoms with van der Waals surface area (Å²) in [5.41, 5.74) is 1.22. The Hall–Kier alpha value is -3.22. The number of rotatable bonds is 3. The van der Waals surface area contributed by atoms with Crippen LogP contribution in [-0.2, 0) is 4.79 Å². The highest BCUT2D eigenvalue weighted by Crippen LogP contribution is 2.24. The number of hydrogen-bond acceptors (Lipinski definition) is 3. The molecule has 2 heterocycles. The maximum absolute atomic E-state index is 13.9. The van der Waals surface area contributed by atoms with Crippen molar-refractivity contribution in [1.29, 1.82) is 0 Å². The number of carbonyl (C=O) groups is 2. The third kappa shape index (κ3) is 2.63. The summed E-state index contributed by atoms with van der Waals surface area (Å²) >= 11 is 0. The molecule has 4 rings (SSSR count). The number of carbonyl (C=O) groups excluding carboxylic acids is 2. The van der Waals surface area contributed by atoms with Crippen molar-refractivity contribution < 1.29 is 14.0 Å². The number of aromatic nitrogens is 2. The van der Waals surface area contributed by atoms with Crippen LogP contribution in [-0.4, -0.2) is 34.6 Å². The topological polar surface area (TPSA) is 78.1 Å². The standard InChI is InChI=1S/C18H15FN4O2/c19-12-6-2-4-8-15(12)23-10-9-14(18(23)25)20-17(24)16-11-5-1-3-7-13(11)21-22-16/h1-8,14H,9-10H2,(H,20,24)(H,21,22)/t14-/m0/s1. The molecule has 126 valence electrons. The molecule has 25 heavy (non-hydrogen) atoms. The van der Waals surface area contributed by atoms with Crippen molar-refractivity contribution in [2.45, 2.75) is 12.5 Å². The highest BCUT2D eigenvalue weighted by Gasteiger charge is 2.35. The lowest BCUT2D eigenvalue weighted by atomic mass is 10.2. The summed E-state index contributed by atoms with van der Waals surface area (Å²) in [6, 6.07) is 12.7. The Kier molecular flexibility index (Phi) is 3.68. The molecule has 0 bridgehead atoms. The van der Waals surface area contributed by atoms with Gasteiger partial charge in [0, 0.05) is 11.9 Å². The Morgan fingerprint density at radius 2 is 1.96 bits per heavy atom. The molecule has 0 aliphatic carbocycles. The predicted molar refractivity (Wildman–Crippen MR) is 90.7 cm³/mol. The normalized spacial score (nSPS) is 17.2. The van der Waals surface area contributed by atoms with Crippen molar-refractivity contribution in [3.63, 3.8) is 0 Å². The molecule has 0 radical (unpaired) electrons. The highest BCUT2D eigenvalue weighted by molar-refractivity contribution is 6.08. The van der Waals surface area contributed by atoms with E-state index < -0.39 is 17.8 Å². The van der Waals surface area contributed by atoms with E-state index in [2.05, 4.69) is 15.5 Å². The van der Waals surface area contributed by atoms with Crippen LogP contribution in [0.4, 0.5) is 10.1 Å². The Balaban J connectivity index is 1.53. The highest BCUT2D eigenvalue weighted by atomic mass is 19.1. The molecule has 1 saturated heterocycles. The van der Waals surface area contributed by atoms with E-state index in [1.165, 1.54) is 11.0 Å². The summed E-state index contributed by atoms with van der Waals surface area (Å²) in [6.45, 7) is 0.353. The molecule has 1 aromatic heterocycles. The van der Waals surface area contributed by atoms with E-state index in [1.807, 2.05) is 18.2 Å². The number of amides is 2. The zero-order valence-corrected chi connectivity index (χ0v) is 13.2. The van der Waals surface area contributed by atoms with Crippen LogP contribution in [0, 0.1) is 5.82 Å². The monoisotopic (exact) mass is 338 g/mol. The minimum atomic E-state index is -0.692. The zero-order valence-electron chi connectivity index (χ0n) is 13.2. The summed E-state index contributed by atoms with van der Waals surface area (Å²) < 4.78 is 13.9. The minimum Gasteiger partial charge on any atom is -0.339 e. The summed E-state index contributed by atoms with van der Waals surface area (Å²) in [4.78, 5) is 26.4. The van der Waals surface area contributed by atoms with Crippen molar-refractivity contribution in [2.24, 2.45) is 0 Å². The van der Waals surface area contributed by atoms with Gasteiger partial charge in [-0.05, 0) is 24.6 Å². The zero-order chi connectivity index (χ0) is 17.4. The molecule has 0 saturated carbocycles. The van der Waals surface area contributed by atoms with E-state index in [4.69, 9.17) is 0 Å². The fourth-order valence-corrected chi connectivity index (χ4v) is 3.09. The summed E-state index contributed by atoms with van der Waals surface area (Å²) in [6.07, 6.45) is 0.418. The maximum Gasteiger partial charge on any atom is 0.273 e. The molecule has 0 unspecified atom stereocenters. The van der Waals surface area contributed by atoms with Crippen LogP contribution in [0.5, 0.6) is 0 Å². The van der Waals surface area contributed by atoms with E-state index in [9.17, 15) is 14.0 Å². The van der Waals surface area contributed by atoms with Gasteiger partial charge in [0.25, 0.3) is 5.91 Å². The van der Waals surface area contributed by atoms with E-state index in [1.54, 1.807) is 24.3 Å². The lowest BCUT2D eigenvalue weighted by Crippen LogP contribution is -2.41. The SMILES string of the molecule is O=C(N[C@H]1CCN(c2ccccc2F)C1=O)c1n[nH]c2ccccc12. The van der Waals surface area contributed by atoms with Crippen molar-refractivity contribution in [2.75, 3.05) is 11.4 Å². The smallest absolute Gasteiger partial charge is 0.273 e. The predicted octanol–water partition coefficient (Wildman–Crippen LogP) is 2.24. The van der Waals surface area contributed by atoms with Crippen molar-refractivity contribution in [3.8, 4) is 0 Å². The molecule has 7 heteroatoms. The van der Waals surface area contributed by atoms with E-state index in [0.29, 0.717) is 18.4 Å². The third-order valence-corrected chi connectivity index (χ3v) is 4.34. The molecule has 2 amide bonds. The van der Waals surface area contributed by atoms with Crippen LogP contribution in [0.1, 0.15) is 16.9 Å². The maximum atomic E-state index is 13.9. The van der Waals surface area contributed by atoms with Crippen LogP contribution in [0.15, 0.2) is 48.5 Å². The van der Waals surface area contributed by atoms with Gasteiger partial charge >= 0.3 is 0 Å². The molecule has 3 aromatic rings. The molecule has 1 fully saturated rings. The first kappa shape index (κ1) is 15.3. The van der Waals surface area contributed by atoms with Crippen molar-refractivity contribution in [3.05, 3.63) is 60.0 Å². The molecule has 2 N–H and O–H groups in total. The van der Waals surface area contributed by atoms with Crippen molar-refractivity contribution >= 4 is 28.4 Å². The second-order valence-electron chi connectivity index (χ2n) is 5.87. The van der Waals surface area contributed by atoms with Gasteiger partial charge in [-0.1, -0.05) is 30.3 Å². The van der Waals surface area contributed by atoms with E-state index in [0.717, 1.165) is 5.52 Å². The molecular weight excluding hydrogens is 323 g/mol. The van der Waals surface area contributed by atoms with Crippen LogP contribution in [0.3, 0.4) is 0 Å². The largest absolute Gasteiger partial charge is 0.339 e. The first-order valence-corrected chi connectivity index (χ1v) is 7.95.